The number of hydrogen-bond acceptors (Lipinski definition) is 6. The monoisotopic (exact) mass is 536 g/mol. The Morgan fingerprint density at radius 3 is 2.60 bits per heavy atom. The van der Waals surface area contributed by atoms with Crippen molar-refractivity contribution in [2.45, 2.75) is 13.0 Å². The second kappa shape index (κ2) is 10.5. The number of amides is 1. The highest BCUT2D eigenvalue weighted by molar-refractivity contribution is 5.98. The van der Waals surface area contributed by atoms with Crippen molar-refractivity contribution < 1.29 is 18.3 Å². The summed E-state index contributed by atoms with van der Waals surface area (Å²) in [5.41, 5.74) is 4.12. The molecule has 0 spiro atoms. The van der Waals surface area contributed by atoms with E-state index in [2.05, 4.69) is 20.3 Å². The Morgan fingerprint density at radius 1 is 0.975 bits per heavy atom. The first-order valence-corrected chi connectivity index (χ1v) is 12.5. The van der Waals surface area contributed by atoms with Crippen LogP contribution in [0.25, 0.3) is 45.7 Å². The van der Waals surface area contributed by atoms with E-state index in [0.29, 0.717) is 33.7 Å². The van der Waals surface area contributed by atoms with Crippen LogP contribution in [0.5, 0.6) is 5.88 Å². The molecule has 3 heterocycles. The van der Waals surface area contributed by atoms with E-state index >= 15 is 4.39 Å². The number of imidazole rings is 1. The molecular formula is C30H22F2N6O2. The molecule has 0 fully saturated rings. The van der Waals surface area contributed by atoms with Crippen molar-refractivity contribution in [2.24, 2.45) is 0 Å². The number of ether oxygens (including phenoxy) is 1. The molecule has 40 heavy (non-hydrogen) atoms. The molecule has 0 bridgehead atoms. The van der Waals surface area contributed by atoms with Crippen molar-refractivity contribution in [3.05, 3.63) is 101 Å². The molecule has 10 heteroatoms. The minimum atomic E-state index is -0.631. The quantitative estimate of drug-likeness (QED) is 0.287. The molecule has 0 aliphatic heterocycles. The van der Waals surface area contributed by atoms with Crippen LogP contribution < -0.4 is 10.1 Å². The Kier molecular flexibility index (Phi) is 6.57. The van der Waals surface area contributed by atoms with E-state index < -0.39 is 11.6 Å². The van der Waals surface area contributed by atoms with Gasteiger partial charge in [-0.25, -0.2) is 28.7 Å². The van der Waals surface area contributed by atoms with Crippen molar-refractivity contribution in [3.8, 4) is 28.4 Å². The Morgan fingerprint density at radius 2 is 1.77 bits per heavy atom. The largest absolute Gasteiger partial charge is 0.481 e. The van der Waals surface area contributed by atoms with Crippen molar-refractivity contribution in [1.82, 2.24) is 30.2 Å². The molecule has 0 radical (unpaired) electrons. The Balaban J connectivity index is 1.36. The van der Waals surface area contributed by atoms with Crippen LogP contribution in [0.1, 0.15) is 34.0 Å². The van der Waals surface area contributed by atoms with Gasteiger partial charge in [0.1, 0.15) is 17.3 Å². The van der Waals surface area contributed by atoms with Crippen LogP contribution in [0.4, 0.5) is 8.78 Å². The van der Waals surface area contributed by atoms with Gasteiger partial charge in [0.15, 0.2) is 5.82 Å². The second-order valence-corrected chi connectivity index (χ2v) is 9.04. The second-order valence-electron chi connectivity index (χ2n) is 9.04. The molecule has 0 saturated heterocycles. The molecule has 2 aromatic carbocycles. The third kappa shape index (κ3) is 4.94. The molecule has 1 amide bonds. The molecule has 1 aliphatic carbocycles. The van der Waals surface area contributed by atoms with E-state index in [0.717, 1.165) is 24.0 Å². The van der Waals surface area contributed by atoms with Gasteiger partial charge in [-0.2, -0.15) is 0 Å². The molecule has 2 N–H and O–H groups in total. The van der Waals surface area contributed by atoms with E-state index in [-0.39, 0.29) is 29.6 Å². The number of aromatic nitrogens is 5. The number of carbonyl (C=O) groups excluding carboxylic acids is 1. The fourth-order valence-corrected chi connectivity index (χ4v) is 4.41. The van der Waals surface area contributed by atoms with Crippen LogP contribution in [0.2, 0.25) is 0 Å². The van der Waals surface area contributed by atoms with Crippen molar-refractivity contribution in [3.63, 3.8) is 0 Å². The fourth-order valence-electron chi connectivity index (χ4n) is 4.41. The third-order valence-electron chi connectivity index (χ3n) is 6.40. The van der Waals surface area contributed by atoms with Crippen LogP contribution in [0, 0.1) is 11.6 Å². The van der Waals surface area contributed by atoms with E-state index in [9.17, 15) is 9.18 Å². The molecule has 1 aliphatic rings. The van der Waals surface area contributed by atoms with Gasteiger partial charge in [-0.05, 0) is 61.0 Å². The number of nitrogens with zero attached hydrogens (tertiary/aromatic N) is 4. The minimum absolute atomic E-state index is 0.108. The minimum Gasteiger partial charge on any atom is -0.481 e. The zero-order valence-electron chi connectivity index (χ0n) is 21.3. The third-order valence-corrected chi connectivity index (χ3v) is 6.40. The van der Waals surface area contributed by atoms with Crippen LogP contribution in [-0.2, 0) is 6.54 Å². The maximum atomic E-state index is 15.0. The van der Waals surface area contributed by atoms with E-state index in [1.54, 1.807) is 30.3 Å². The standard InChI is InChI=1S/C30H22F2N6O2/c1-40-27-14-20(21(32)15-33-27)29-28(17-7-10-19(31)11-8-17)37-24-12-9-18(13-25(24)38-29)30(39)34-16-26-35-22-5-3-2-4-6-23(22)36-26/h3-15H,2,16H2,1H3,(H,34,39)(H,35,36). The number of aromatic amines is 1. The molecule has 0 atom stereocenters. The summed E-state index contributed by atoms with van der Waals surface area (Å²) in [5.74, 6) is -0.554. The summed E-state index contributed by atoms with van der Waals surface area (Å²) in [5, 5.41) is 2.87. The molecule has 6 rings (SSSR count). The number of carbonyl (C=O) groups is 1. The zero-order chi connectivity index (χ0) is 27.6. The molecule has 0 saturated carbocycles. The lowest BCUT2D eigenvalue weighted by Crippen LogP contribution is -2.23. The van der Waals surface area contributed by atoms with Crippen LogP contribution >= 0.6 is 0 Å². The first-order chi connectivity index (χ1) is 19.5. The maximum Gasteiger partial charge on any atom is 0.251 e. The smallest absolute Gasteiger partial charge is 0.251 e. The number of rotatable bonds is 6. The number of H-pyrrole nitrogens is 1. The van der Waals surface area contributed by atoms with E-state index in [4.69, 9.17) is 14.7 Å². The van der Waals surface area contributed by atoms with Gasteiger partial charge in [0.25, 0.3) is 5.91 Å². The highest BCUT2D eigenvalue weighted by Crippen LogP contribution is 2.34. The van der Waals surface area contributed by atoms with Gasteiger partial charge < -0.3 is 15.0 Å². The molecule has 3 aromatic heterocycles. The van der Waals surface area contributed by atoms with Crippen molar-refractivity contribution in [1.29, 1.82) is 0 Å². The van der Waals surface area contributed by atoms with E-state index in [1.165, 1.54) is 25.3 Å². The van der Waals surface area contributed by atoms with Crippen molar-refractivity contribution in [2.75, 3.05) is 7.11 Å². The topological polar surface area (TPSA) is 106 Å². The molecule has 8 nitrogen and oxygen atoms in total. The van der Waals surface area contributed by atoms with Gasteiger partial charge in [-0.1, -0.05) is 12.2 Å². The molecule has 5 aromatic rings. The van der Waals surface area contributed by atoms with Crippen LogP contribution in [-0.4, -0.2) is 37.9 Å². The summed E-state index contributed by atoms with van der Waals surface area (Å²) >= 11 is 0. The van der Waals surface area contributed by atoms with Gasteiger partial charge in [0.05, 0.1) is 48.0 Å². The number of methoxy groups -OCH3 is 1. The highest BCUT2D eigenvalue weighted by atomic mass is 19.1. The number of fused-ring (bicyclic) bond motifs is 2. The molecular weight excluding hydrogens is 514 g/mol. The zero-order valence-corrected chi connectivity index (χ0v) is 21.3. The maximum absolute atomic E-state index is 15.0. The van der Waals surface area contributed by atoms with Gasteiger partial charge in [0.2, 0.25) is 5.88 Å². The number of allylic oxidation sites excluding steroid dienone is 2. The Hall–Kier alpha value is -5.25. The predicted octanol–water partition coefficient (Wildman–Crippen LogP) is 5.73. The van der Waals surface area contributed by atoms with Crippen LogP contribution in [0.15, 0.2) is 66.9 Å². The number of halogens is 2. The molecule has 0 unspecified atom stereocenters. The lowest BCUT2D eigenvalue weighted by Gasteiger charge is -2.12. The average Bonchev–Trinajstić information content (AvgIpc) is 3.24. The first kappa shape index (κ1) is 25.1. The van der Waals surface area contributed by atoms with Gasteiger partial charge in [-0.15, -0.1) is 0 Å². The van der Waals surface area contributed by atoms with Crippen LogP contribution in [0.3, 0.4) is 0 Å². The summed E-state index contributed by atoms with van der Waals surface area (Å²) in [6, 6.07) is 12.0. The Labute approximate surface area is 227 Å². The number of hydrogen-bond donors (Lipinski definition) is 2. The summed E-state index contributed by atoms with van der Waals surface area (Å²) < 4.78 is 33.8. The average molecular weight is 537 g/mol. The van der Waals surface area contributed by atoms with Gasteiger partial charge in [0, 0.05) is 22.8 Å². The van der Waals surface area contributed by atoms with Gasteiger partial charge in [-0.3, -0.25) is 4.79 Å². The molecule has 198 valence electrons. The predicted molar refractivity (Wildman–Crippen MR) is 147 cm³/mol. The lowest BCUT2D eigenvalue weighted by atomic mass is 10.0. The van der Waals surface area contributed by atoms with Crippen molar-refractivity contribution >= 4 is 29.1 Å². The highest BCUT2D eigenvalue weighted by Gasteiger charge is 2.19. The fraction of sp³-hybridized carbons (Fsp3) is 0.100. The summed E-state index contributed by atoms with van der Waals surface area (Å²) in [6.45, 7) is 0.202. The normalized spacial score (nSPS) is 12.3. The first-order valence-electron chi connectivity index (χ1n) is 12.5. The Bertz CT molecular complexity index is 1780. The summed E-state index contributed by atoms with van der Waals surface area (Å²) in [7, 11) is 1.43. The summed E-state index contributed by atoms with van der Waals surface area (Å²) in [6.07, 6.45) is 9.84. The number of pyridine rings is 1. The number of benzene rings is 2. The van der Waals surface area contributed by atoms with E-state index in [1.807, 2.05) is 24.3 Å². The lowest BCUT2D eigenvalue weighted by molar-refractivity contribution is 0.0950. The number of nitrogens with one attached hydrogen (secondary N) is 2. The SMILES string of the molecule is COc1cc(-c2nc3cc(C(=O)NCc4nc5c([nH]4)C=CCC=C5)ccc3nc2-c2ccc(F)cc2)c(F)cn1. The summed E-state index contributed by atoms with van der Waals surface area (Å²) in [4.78, 5) is 34.1. The van der Waals surface area contributed by atoms with Gasteiger partial charge >= 0.3 is 0 Å².